The standard InChI is InChI=1S/C13H23N5O2/c1-17-7-4-9(5-8-17)3-6-15-10-11(14)18(2)13(20)16-12(10)19/h9,15H,3-8,14H2,1-2H3,(H,16,19,20). The molecule has 0 saturated carbocycles. The number of aromatic amines is 1. The molecule has 7 nitrogen and oxygen atoms in total. The molecule has 20 heavy (non-hydrogen) atoms. The van der Waals surface area contributed by atoms with Gasteiger partial charge in [0.1, 0.15) is 11.5 Å². The number of hydrogen-bond donors (Lipinski definition) is 3. The van der Waals surface area contributed by atoms with E-state index in [2.05, 4.69) is 22.2 Å². The number of nitrogens with zero attached hydrogens (tertiary/aromatic N) is 2. The Morgan fingerprint density at radius 3 is 2.60 bits per heavy atom. The quantitative estimate of drug-likeness (QED) is 0.710. The average Bonchev–Trinajstić information content (AvgIpc) is 2.42. The van der Waals surface area contributed by atoms with Crippen LogP contribution in [0.1, 0.15) is 19.3 Å². The predicted octanol–water partition coefficient (Wildman–Crippen LogP) is -0.200. The summed E-state index contributed by atoms with van der Waals surface area (Å²) in [5, 5.41) is 3.07. The molecule has 0 unspecified atom stereocenters. The molecule has 1 aromatic heterocycles. The first kappa shape index (κ1) is 14.6. The summed E-state index contributed by atoms with van der Waals surface area (Å²) >= 11 is 0. The van der Waals surface area contributed by atoms with Gasteiger partial charge in [-0.3, -0.25) is 14.3 Å². The molecule has 0 spiro atoms. The van der Waals surface area contributed by atoms with Crippen LogP contribution >= 0.6 is 0 Å². The molecule has 2 rings (SSSR count). The van der Waals surface area contributed by atoms with Crippen LogP contribution in [0.2, 0.25) is 0 Å². The summed E-state index contributed by atoms with van der Waals surface area (Å²) in [6.07, 6.45) is 3.39. The van der Waals surface area contributed by atoms with Gasteiger partial charge in [0, 0.05) is 13.6 Å². The molecule has 4 N–H and O–H groups in total. The number of H-pyrrole nitrogens is 1. The predicted molar refractivity (Wildman–Crippen MR) is 80.0 cm³/mol. The summed E-state index contributed by atoms with van der Waals surface area (Å²) in [6.45, 7) is 2.96. The zero-order valence-corrected chi connectivity index (χ0v) is 12.1. The molecule has 2 heterocycles. The van der Waals surface area contributed by atoms with E-state index in [4.69, 9.17) is 5.73 Å². The Morgan fingerprint density at radius 2 is 1.95 bits per heavy atom. The number of rotatable bonds is 4. The monoisotopic (exact) mass is 281 g/mol. The van der Waals surface area contributed by atoms with E-state index in [-0.39, 0.29) is 5.82 Å². The molecule has 1 fully saturated rings. The van der Waals surface area contributed by atoms with Gasteiger partial charge in [0.25, 0.3) is 5.56 Å². The molecule has 1 aliphatic heterocycles. The van der Waals surface area contributed by atoms with Crippen LogP contribution in [0, 0.1) is 5.92 Å². The fraction of sp³-hybridized carbons (Fsp3) is 0.692. The van der Waals surface area contributed by atoms with E-state index in [1.165, 1.54) is 24.5 Å². The highest BCUT2D eigenvalue weighted by atomic mass is 16.2. The fourth-order valence-electron chi connectivity index (χ4n) is 2.56. The first-order valence-corrected chi connectivity index (χ1v) is 7.00. The number of piperidine rings is 1. The highest BCUT2D eigenvalue weighted by Crippen LogP contribution is 2.19. The van der Waals surface area contributed by atoms with Crippen LogP contribution in [0.25, 0.3) is 0 Å². The normalized spacial score (nSPS) is 17.3. The largest absolute Gasteiger partial charge is 0.383 e. The van der Waals surface area contributed by atoms with Gasteiger partial charge in [-0.25, -0.2) is 4.79 Å². The molecule has 0 aliphatic carbocycles. The van der Waals surface area contributed by atoms with Crippen molar-refractivity contribution in [3.05, 3.63) is 20.8 Å². The van der Waals surface area contributed by atoms with Crippen molar-refractivity contribution in [2.24, 2.45) is 13.0 Å². The minimum atomic E-state index is -0.492. The average molecular weight is 281 g/mol. The van der Waals surface area contributed by atoms with Gasteiger partial charge in [0.15, 0.2) is 0 Å². The third-order valence-corrected chi connectivity index (χ3v) is 4.06. The highest BCUT2D eigenvalue weighted by Gasteiger charge is 2.16. The van der Waals surface area contributed by atoms with E-state index in [0.717, 1.165) is 19.5 Å². The summed E-state index contributed by atoms with van der Waals surface area (Å²) in [5.74, 6) is 0.869. The van der Waals surface area contributed by atoms with Crippen molar-refractivity contribution < 1.29 is 0 Å². The van der Waals surface area contributed by atoms with Gasteiger partial charge in [0.2, 0.25) is 0 Å². The molecule has 0 bridgehead atoms. The van der Waals surface area contributed by atoms with Crippen LogP contribution in [0.5, 0.6) is 0 Å². The molecule has 1 saturated heterocycles. The van der Waals surface area contributed by atoms with Crippen molar-refractivity contribution in [2.45, 2.75) is 19.3 Å². The molecule has 7 heteroatoms. The summed E-state index contributed by atoms with van der Waals surface area (Å²) in [7, 11) is 3.68. The summed E-state index contributed by atoms with van der Waals surface area (Å²) < 4.78 is 1.24. The van der Waals surface area contributed by atoms with Gasteiger partial charge in [0.05, 0.1) is 0 Å². The second-order valence-corrected chi connectivity index (χ2v) is 5.54. The van der Waals surface area contributed by atoms with Crippen LogP contribution < -0.4 is 22.3 Å². The summed E-state index contributed by atoms with van der Waals surface area (Å²) in [5.41, 5.74) is 5.14. The van der Waals surface area contributed by atoms with E-state index < -0.39 is 11.2 Å². The van der Waals surface area contributed by atoms with Crippen molar-refractivity contribution in [3.63, 3.8) is 0 Å². The minimum Gasteiger partial charge on any atom is -0.383 e. The lowest BCUT2D eigenvalue weighted by Crippen LogP contribution is -2.33. The Bertz CT molecular complexity index is 569. The molecule has 0 amide bonds. The number of nitrogens with one attached hydrogen (secondary N) is 2. The number of hydrogen-bond acceptors (Lipinski definition) is 5. The van der Waals surface area contributed by atoms with Gasteiger partial charge in [-0.05, 0) is 45.3 Å². The van der Waals surface area contributed by atoms with E-state index in [0.29, 0.717) is 18.2 Å². The van der Waals surface area contributed by atoms with Crippen LogP contribution in [0.15, 0.2) is 9.59 Å². The van der Waals surface area contributed by atoms with Crippen molar-refractivity contribution in [1.82, 2.24) is 14.5 Å². The van der Waals surface area contributed by atoms with Gasteiger partial charge >= 0.3 is 5.69 Å². The molecule has 1 aliphatic rings. The van der Waals surface area contributed by atoms with E-state index in [9.17, 15) is 9.59 Å². The third kappa shape index (κ3) is 3.22. The van der Waals surface area contributed by atoms with Crippen molar-refractivity contribution in [3.8, 4) is 0 Å². The van der Waals surface area contributed by atoms with Gasteiger partial charge in [-0.2, -0.15) is 0 Å². The summed E-state index contributed by atoms with van der Waals surface area (Å²) in [6, 6.07) is 0. The first-order chi connectivity index (χ1) is 9.49. The molecule has 0 atom stereocenters. The lowest BCUT2D eigenvalue weighted by molar-refractivity contribution is 0.215. The van der Waals surface area contributed by atoms with E-state index in [1.54, 1.807) is 0 Å². The van der Waals surface area contributed by atoms with Crippen LogP contribution in [-0.4, -0.2) is 41.1 Å². The Morgan fingerprint density at radius 1 is 1.30 bits per heavy atom. The van der Waals surface area contributed by atoms with Crippen molar-refractivity contribution in [1.29, 1.82) is 0 Å². The molecular formula is C13H23N5O2. The highest BCUT2D eigenvalue weighted by molar-refractivity contribution is 5.60. The zero-order valence-electron chi connectivity index (χ0n) is 12.1. The lowest BCUT2D eigenvalue weighted by atomic mass is 9.94. The van der Waals surface area contributed by atoms with Gasteiger partial charge in [-0.1, -0.05) is 0 Å². The summed E-state index contributed by atoms with van der Waals surface area (Å²) in [4.78, 5) is 27.7. The molecule has 0 aromatic carbocycles. The van der Waals surface area contributed by atoms with Crippen molar-refractivity contribution in [2.75, 3.05) is 37.7 Å². The number of nitrogen functional groups attached to an aromatic ring is 1. The third-order valence-electron chi connectivity index (χ3n) is 4.06. The molecule has 112 valence electrons. The first-order valence-electron chi connectivity index (χ1n) is 7.00. The fourth-order valence-corrected chi connectivity index (χ4v) is 2.56. The SMILES string of the molecule is CN1CCC(CCNc2c(N)n(C)c(=O)[nH]c2=O)CC1. The maximum Gasteiger partial charge on any atom is 0.329 e. The lowest BCUT2D eigenvalue weighted by Gasteiger charge is -2.29. The van der Waals surface area contributed by atoms with Crippen LogP contribution in [-0.2, 0) is 7.05 Å². The van der Waals surface area contributed by atoms with Crippen LogP contribution in [0.4, 0.5) is 11.5 Å². The molecule has 0 radical (unpaired) electrons. The molecular weight excluding hydrogens is 258 g/mol. The van der Waals surface area contributed by atoms with Crippen molar-refractivity contribution >= 4 is 11.5 Å². The topological polar surface area (TPSA) is 96.2 Å². The minimum absolute atomic E-state index is 0.183. The Kier molecular flexibility index (Phi) is 4.49. The Hall–Kier alpha value is -1.76. The second kappa shape index (κ2) is 6.13. The van der Waals surface area contributed by atoms with Crippen LogP contribution in [0.3, 0.4) is 0 Å². The Balaban J connectivity index is 1.93. The van der Waals surface area contributed by atoms with E-state index in [1.807, 2.05) is 0 Å². The van der Waals surface area contributed by atoms with Gasteiger partial charge in [-0.15, -0.1) is 0 Å². The Labute approximate surface area is 117 Å². The maximum absolute atomic E-state index is 11.7. The number of aromatic nitrogens is 2. The smallest absolute Gasteiger partial charge is 0.329 e. The molecule has 1 aromatic rings. The zero-order chi connectivity index (χ0) is 14.7. The second-order valence-electron chi connectivity index (χ2n) is 5.54. The maximum atomic E-state index is 11.7. The number of nitrogens with two attached hydrogens (primary N) is 1. The number of anilines is 2. The van der Waals surface area contributed by atoms with Gasteiger partial charge < -0.3 is 16.0 Å². The van der Waals surface area contributed by atoms with E-state index >= 15 is 0 Å². The number of likely N-dealkylation sites (tertiary alicyclic amines) is 1.